The van der Waals surface area contributed by atoms with Gasteiger partial charge in [0.25, 0.3) is 0 Å². The van der Waals surface area contributed by atoms with Gasteiger partial charge in [-0.05, 0) is 39.2 Å². The SMILES string of the molecule is CCCC(NC(=O)NCC1CCN(C(C)C)C1)C(=O)O. The minimum atomic E-state index is -0.978. The molecule has 0 radical (unpaired) electrons. The van der Waals surface area contributed by atoms with Crippen LogP contribution in [0.4, 0.5) is 4.79 Å². The van der Waals surface area contributed by atoms with Crippen molar-refractivity contribution in [1.82, 2.24) is 15.5 Å². The Hall–Kier alpha value is -1.30. The molecule has 1 rings (SSSR count). The molecule has 0 aromatic carbocycles. The number of hydrogen-bond acceptors (Lipinski definition) is 3. The second kappa shape index (κ2) is 8.09. The standard InChI is InChI=1S/C14H27N3O3/c1-4-5-12(13(18)19)16-14(20)15-8-11-6-7-17(9-11)10(2)3/h10-12H,4-9H2,1-3H3,(H,18,19)(H2,15,16,20). The van der Waals surface area contributed by atoms with Crippen molar-refractivity contribution >= 4 is 12.0 Å². The molecule has 0 bridgehead atoms. The van der Waals surface area contributed by atoms with Crippen LogP contribution in [0.25, 0.3) is 0 Å². The first-order chi connectivity index (χ1) is 9.43. The van der Waals surface area contributed by atoms with Gasteiger partial charge < -0.3 is 20.6 Å². The van der Waals surface area contributed by atoms with E-state index < -0.39 is 12.0 Å². The third-order valence-electron chi connectivity index (χ3n) is 3.78. The zero-order valence-electron chi connectivity index (χ0n) is 12.7. The Morgan fingerprint density at radius 1 is 1.40 bits per heavy atom. The smallest absolute Gasteiger partial charge is 0.326 e. The molecular formula is C14H27N3O3. The fraction of sp³-hybridized carbons (Fsp3) is 0.857. The van der Waals surface area contributed by atoms with Crippen LogP contribution in [0.2, 0.25) is 0 Å². The van der Waals surface area contributed by atoms with Gasteiger partial charge >= 0.3 is 12.0 Å². The van der Waals surface area contributed by atoms with E-state index in [1.807, 2.05) is 6.92 Å². The highest BCUT2D eigenvalue weighted by atomic mass is 16.4. The predicted molar refractivity (Wildman–Crippen MR) is 77.7 cm³/mol. The summed E-state index contributed by atoms with van der Waals surface area (Å²) in [7, 11) is 0. The number of nitrogens with zero attached hydrogens (tertiary/aromatic N) is 1. The second-order valence-electron chi connectivity index (χ2n) is 5.78. The summed E-state index contributed by atoms with van der Waals surface area (Å²) in [6, 6.07) is -0.639. The van der Waals surface area contributed by atoms with E-state index in [0.717, 1.165) is 25.9 Å². The number of carbonyl (C=O) groups is 2. The Morgan fingerprint density at radius 3 is 2.60 bits per heavy atom. The van der Waals surface area contributed by atoms with E-state index >= 15 is 0 Å². The monoisotopic (exact) mass is 285 g/mol. The minimum absolute atomic E-state index is 0.381. The maximum Gasteiger partial charge on any atom is 0.326 e. The number of amides is 2. The fourth-order valence-corrected chi connectivity index (χ4v) is 2.49. The van der Waals surface area contributed by atoms with Crippen molar-refractivity contribution in [2.75, 3.05) is 19.6 Å². The lowest BCUT2D eigenvalue weighted by molar-refractivity contribution is -0.139. The molecule has 3 N–H and O–H groups in total. The quantitative estimate of drug-likeness (QED) is 0.658. The maximum absolute atomic E-state index is 11.7. The first kappa shape index (κ1) is 16.8. The summed E-state index contributed by atoms with van der Waals surface area (Å²) in [4.78, 5) is 25.1. The Morgan fingerprint density at radius 2 is 2.10 bits per heavy atom. The molecule has 1 fully saturated rings. The van der Waals surface area contributed by atoms with E-state index in [1.54, 1.807) is 0 Å². The number of nitrogens with one attached hydrogen (secondary N) is 2. The summed E-state index contributed by atoms with van der Waals surface area (Å²) in [5.74, 6) is -0.522. The molecule has 6 heteroatoms. The number of carbonyl (C=O) groups excluding carboxylic acids is 1. The minimum Gasteiger partial charge on any atom is -0.480 e. The summed E-state index contributed by atoms with van der Waals surface area (Å²) >= 11 is 0. The van der Waals surface area contributed by atoms with Gasteiger partial charge in [0.15, 0.2) is 0 Å². The lowest BCUT2D eigenvalue weighted by Gasteiger charge is -2.20. The van der Waals surface area contributed by atoms with Crippen LogP contribution in [0, 0.1) is 5.92 Å². The summed E-state index contributed by atoms with van der Waals surface area (Å²) < 4.78 is 0. The van der Waals surface area contributed by atoms with Gasteiger partial charge in [0, 0.05) is 19.1 Å². The highest BCUT2D eigenvalue weighted by Gasteiger charge is 2.25. The average Bonchev–Trinajstić information content (AvgIpc) is 2.84. The average molecular weight is 285 g/mol. The van der Waals surface area contributed by atoms with Crippen molar-refractivity contribution in [3.05, 3.63) is 0 Å². The lowest BCUT2D eigenvalue weighted by atomic mass is 10.1. The zero-order valence-corrected chi connectivity index (χ0v) is 12.7. The molecule has 0 saturated carbocycles. The van der Waals surface area contributed by atoms with Crippen LogP contribution in [0.3, 0.4) is 0 Å². The van der Waals surface area contributed by atoms with Gasteiger partial charge in [-0.1, -0.05) is 13.3 Å². The Labute approximate surface area is 120 Å². The summed E-state index contributed by atoms with van der Waals surface area (Å²) in [5.41, 5.74) is 0. The second-order valence-corrected chi connectivity index (χ2v) is 5.78. The molecule has 116 valence electrons. The fourth-order valence-electron chi connectivity index (χ4n) is 2.49. The van der Waals surface area contributed by atoms with E-state index in [0.29, 0.717) is 24.9 Å². The van der Waals surface area contributed by atoms with Crippen LogP contribution in [0.1, 0.15) is 40.0 Å². The van der Waals surface area contributed by atoms with Gasteiger partial charge in [-0.3, -0.25) is 0 Å². The molecule has 1 aliphatic heterocycles. The highest BCUT2D eigenvalue weighted by molar-refractivity contribution is 5.82. The summed E-state index contributed by atoms with van der Waals surface area (Å²) in [6.45, 7) is 8.91. The topological polar surface area (TPSA) is 81.7 Å². The normalized spacial score (nSPS) is 20.9. The zero-order chi connectivity index (χ0) is 15.1. The number of carboxylic acid groups (broad SMARTS) is 1. The molecule has 2 unspecified atom stereocenters. The molecule has 0 aromatic rings. The third-order valence-corrected chi connectivity index (χ3v) is 3.78. The summed E-state index contributed by atoms with van der Waals surface area (Å²) in [5, 5.41) is 14.3. The van der Waals surface area contributed by atoms with Crippen LogP contribution in [0.15, 0.2) is 0 Å². The molecule has 20 heavy (non-hydrogen) atoms. The van der Waals surface area contributed by atoms with Gasteiger partial charge in [0.2, 0.25) is 0 Å². The molecule has 1 heterocycles. The van der Waals surface area contributed by atoms with Crippen LogP contribution >= 0.6 is 0 Å². The molecule has 0 aromatic heterocycles. The molecule has 0 aliphatic carbocycles. The van der Waals surface area contributed by atoms with E-state index in [4.69, 9.17) is 5.11 Å². The maximum atomic E-state index is 11.7. The summed E-state index contributed by atoms with van der Waals surface area (Å²) in [6.07, 6.45) is 2.26. The number of aliphatic carboxylic acids is 1. The highest BCUT2D eigenvalue weighted by Crippen LogP contribution is 2.17. The predicted octanol–water partition coefficient (Wildman–Crippen LogP) is 1.27. The molecular weight excluding hydrogens is 258 g/mol. The van der Waals surface area contributed by atoms with Gasteiger partial charge in [-0.2, -0.15) is 0 Å². The van der Waals surface area contributed by atoms with Crippen LogP contribution in [-0.4, -0.2) is 53.7 Å². The molecule has 2 atom stereocenters. The Balaban J connectivity index is 2.28. The van der Waals surface area contributed by atoms with Crippen molar-refractivity contribution < 1.29 is 14.7 Å². The van der Waals surface area contributed by atoms with Gasteiger partial charge in [-0.25, -0.2) is 9.59 Å². The number of carboxylic acids is 1. The molecule has 1 aliphatic rings. The third kappa shape index (κ3) is 5.36. The van der Waals surface area contributed by atoms with Gasteiger partial charge in [-0.15, -0.1) is 0 Å². The van der Waals surface area contributed by atoms with E-state index in [9.17, 15) is 9.59 Å². The number of hydrogen-bond donors (Lipinski definition) is 3. The van der Waals surface area contributed by atoms with Crippen molar-refractivity contribution in [1.29, 1.82) is 0 Å². The molecule has 6 nitrogen and oxygen atoms in total. The van der Waals surface area contributed by atoms with E-state index in [2.05, 4.69) is 29.4 Å². The van der Waals surface area contributed by atoms with Gasteiger partial charge in [0.05, 0.1) is 0 Å². The van der Waals surface area contributed by atoms with Gasteiger partial charge in [0.1, 0.15) is 6.04 Å². The largest absolute Gasteiger partial charge is 0.480 e. The van der Waals surface area contributed by atoms with E-state index in [-0.39, 0.29) is 6.03 Å². The molecule has 2 amide bonds. The van der Waals surface area contributed by atoms with Crippen LogP contribution in [0.5, 0.6) is 0 Å². The first-order valence-electron chi connectivity index (χ1n) is 7.45. The molecule has 0 spiro atoms. The first-order valence-corrected chi connectivity index (χ1v) is 7.45. The van der Waals surface area contributed by atoms with Crippen molar-refractivity contribution in [3.8, 4) is 0 Å². The number of rotatable bonds is 7. The van der Waals surface area contributed by atoms with Crippen molar-refractivity contribution in [2.45, 2.75) is 52.1 Å². The van der Waals surface area contributed by atoms with Crippen LogP contribution in [-0.2, 0) is 4.79 Å². The lowest BCUT2D eigenvalue weighted by Crippen LogP contribution is -2.47. The van der Waals surface area contributed by atoms with E-state index in [1.165, 1.54) is 0 Å². The van der Waals surface area contributed by atoms with Crippen molar-refractivity contribution in [2.24, 2.45) is 5.92 Å². The van der Waals surface area contributed by atoms with Crippen molar-refractivity contribution in [3.63, 3.8) is 0 Å². The Kier molecular flexibility index (Phi) is 6.78. The number of urea groups is 1. The number of likely N-dealkylation sites (tertiary alicyclic amines) is 1. The Bertz CT molecular complexity index is 334. The van der Waals surface area contributed by atoms with Crippen LogP contribution < -0.4 is 10.6 Å². The molecule has 1 saturated heterocycles.